The Morgan fingerprint density at radius 1 is 1.31 bits per heavy atom. The molecule has 1 aromatic carbocycles. The summed E-state index contributed by atoms with van der Waals surface area (Å²) in [5.41, 5.74) is 12.1. The van der Waals surface area contributed by atoms with Crippen LogP contribution >= 0.6 is 0 Å². The van der Waals surface area contributed by atoms with Gasteiger partial charge in [-0.05, 0) is 29.3 Å². The molecule has 2 unspecified atom stereocenters. The lowest BCUT2D eigenvalue weighted by Crippen LogP contribution is -2.51. The molecule has 0 spiro atoms. The minimum Gasteiger partial charge on any atom is -0.320 e. The van der Waals surface area contributed by atoms with E-state index in [1.165, 1.54) is 24.3 Å². The lowest BCUT2D eigenvalue weighted by Gasteiger charge is -2.29. The van der Waals surface area contributed by atoms with E-state index in [9.17, 15) is 8.78 Å². The summed E-state index contributed by atoms with van der Waals surface area (Å²) in [6.45, 7) is 0. The normalized spacial score (nSPS) is 29.0. The summed E-state index contributed by atoms with van der Waals surface area (Å²) in [4.78, 5) is 0. The second-order valence-electron chi connectivity index (χ2n) is 3.80. The molecule has 0 bridgehead atoms. The largest absolute Gasteiger partial charge is 0.320 e. The molecule has 0 heterocycles. The van der Waals surface area contributed by atoms with Crippen LogP contribution < -0.4 is 11.5 Å². The molecule has 2 rings (SSSR count). The fourth-order valence-electron chi connectivity index (χ4n) is 1.69. The number of benzene rings is 1. The van der Waals surface area contributed by atoms with E-state index in [-0.39, 0.29) is 5.82 Å². The average Bonchev–Trinajstić information content (AvgIpc) is 2.22. The molecule has 2 nitrogen and oxygen atoms in total. The van der Waals surface area contributed by atoms with Crippen molar-refractivity contribution in [3.05, 3.63) is 53.9 Å². The highest BCUT2D eigenvalue weighted by molar-refractivity contribution is 5.73. The first-order valence-electron chi connectivity index (χ1n) is 4.89. The van der Waals surface area contributed by atoms with Gasteiger partial charge in [0.25, 0.3) is 0 Å². The predicted molar refractivity (Wildman–Crippen MR) is 59.5 cm³/mol. The van der Waals surface area contributed by atoms with Crippen molar-refractivity contribution in [2.45, 2.75) is 11.8 Å². The first-order valence-corrected chi connectivity index (χ1v) is 4.89. The molecule has 16 heavy (non-hydrogen) atoms. The van der Waals surface area contributed by atoms with E-state index in [0.29, 0.717) is 11.1 Å². The Labute approximate surface area is 92.2 Å². The van der Waals surface area contributed by atoms with Gasteiger partial charge in [-0.2, -0.15) is 0 Å². The van der Waals surface area contributed by atoms with Gasteiger partial charge in [-0.15, -0.1) is 0 Å². The fraction of sp³-hybridized carbons (Fsp3) is 0.167. The van der Waals surface area contributed by atoms with Gasteiger partial charge in [-0.25, -0.2) is 8.78 Å². The zero-order chi connectivity index (χ0) is 11.8. The Kier molecular flexibility index (Phi) is 2.61. The highest BCUT2D eigenvalue weighted by Gasteiger charge is 2.34. The number of allylic oxidation sites excluding steroid dienone is 2. The molecular weight excluding hydrogens is 210 g/mol. The van der Waals surface area contributed by atoms with Gasteiger partial charge in [-0.1, -0.05) is 24.3 Å². The standard InChI is InChI=1S/C12H12F2N2/c13-9-4-1-3-8(7-9)10-5-2-6-12(14,16)11(10)15/h1-7,11H,15-16H2. The minimum absolute atomic E-state index is 0.387. The molecule has 84 valence electrons. The Morgan fingerprint density at radius 2 is 2.06 bits per heavy atom. The van der Waals surface area contributed by atoms with Crippen molar-refractivity contribution in [3.63, 3.8) is 0 Å². The summed E-state index contributed by atoms with van der Waals surface area (Å²) in [6, 6.07) is 4.86. The monoisotopic (exact) mass is 222 g/mol. The summed E-state index contributed by atoms with van der Waals surface area (Å²) >= 11 is 0. The van der Waals surface area contributed by atoms with Crippen molar-refractivity contribution in [3.8, 4) is 0 Å². The fourth-order valence-corrected chi connectivity index (χ4v) is 1.69. The average molecular weight is 222 g/mol. The third-order valence-electron chi connectivity index (χ3n) is 2.60. The summed E-state index contributed by atoms with van der Waals surface area (Å²) < 4.78 is 26.8. The topological polar surface area (TPSA) is 52.0 Å². The van der Waals surface area contributed by atoms with Gasteiger partial charge < -0.3 is 5.73 Å². The number of nitrogens with two attached hydrogens (primary N) is 2. The van der Waals surface area contributed by atoms with Crippen molar-refractivity contribution >= 4 is 5.57 Å². The van der Waals surface area contributed by atoms with Crippen LogP contribution in [0.5, 0.6) is 0 Å². The van der Waals surface area contributed by atoms with Gasteiger partial charge in [-0.3, -0.25) is 5.73 Å². The Morgan fingerprint density at radius 3 is 2.75 bits per heavy atom. The van der Waals surface area contributed by atoms with Crippen LogP contribution in [0.1, 0.15) is 5.56 Å². The zero-order valence-electron chi connectivity index (χ0n) is 8.53. The Bertz CT molecular complexity index is 464. The molecule has 4 N–H and O–H groups in total. The first-order chi connectivity index (χ1) is 7.50. The molecule has 1 aliphatic rings. The van der Waals surface area contributed by atoms with Crippen LogP contribution in [-0.4, -0.2) is 11.8 Å². The smallest absolute Gasteiger partial charge is 0.197 e. The van der Waals surface area contributed by atoms with Crippen LogP contribution in [0.3, 0.4) is 0 Å². The maximum absolute atomic E-state index is 13.7. The number of rotatable bonds is 1. The molecule has 1 aromatic rings. The highest BCUT2D eigenvalue weighted by atomic mass is 19.1. The molecule has 2 atom stereocenters. The van der Waals surface area contributed by atoms with Gasteiger partial charge in [0.05, 0.1) is 6.04 Å². The predicted octanol–water partition coefficient (Wildman–Crippen LogP) is 1.73. The molecule has 0 radical (unpaired) electrons. The number of alkyl halides is 1. The summed E-state index contributed by atoms with van der Waals surface area (Å²) in [5, 5.41) is 0. The van der Waals surface area contributed by atoms with Gasteiger partial charge in [0.2, 0.25) is 0 Å². The maximum atomic E-state index is 13.7. The van der Waals surface area contributed by atoms with E-state index in [1.54, 1.807) is 18.2 Å². The third-order valence-corrected chi connectivity index (χ3v) is 2.60. The van der Waals surface area contributed by atoms with Crippen LogP contribution in [0.4, 0.5) is 8.78 Å². The van der Waals surface area contributed by atoms with Crippen LogP contribution in [-0.2, 0) is 0 Å². The molecule has 0 aliphatic heterocycles. The van der Waals surface area contributed by atoms with E-state index in [2.05, 4.69) is 0 Å². The van der Waals surface area contributed by atoms with Crippen molar-refractivity contribution in [1.29, 1.82) is 0 Å². The van der Waals surface area contributed by atoms with Crippen molar-refractivity contribution < 1.29 is 8.78 Å². The molecule has 0 saturated heterocycles. The maximum Gasteiger partial charge on any atom is 0.197 e. The molecule has 0 saturated carbocycles. The second kappa shape index (κ2) is 3.81. The van der Waals surface area contributed by atoms with Crippen LogP contribution in [0.15, 0.2) is 42.5 Å². The minimum atomic E-state index is -2.09. The molecule has 1 aliphatic carbocycles. The van der Waals surface area contributed by atoms with Gasteiger partial charge in [0.1, 0.15) is 5.82 Å². The summed E-state index contributed by atoms with van der Waals surface area (Å²) in [5.74, 6) is -2.47. The molecule has 0 fully saturated rings. The van der Waals surface area contributed by atoms with Crippen molar-refractivity contribution in [2.75, 3.05) is 0 Å². The number of hydrogen-bond acceptors (Lipinski definition) is 2. The number of hydrogen-bond donors (Lipinski definition) is 2. The SMILES string of the molecule is NC1C(c2cccc(F)c2)=CC=CC1(N)F. The van der Waals surface area contributed by atoms with Crippen molar-refractivity contribution in [2.24, 2.45) is 11.5 Å². The number of halogens is 2. The molecule has 0 amide bonds. The molecular formula is C12H12F2N2. The highest BCUT2D eigenvalue weighted by Crippen LogP contribution is 2.28. The quantitative estimate of drug-likeness (QED) is 0.711. The lowest BCUT2D eigenvalue weighted by molar-refractivity contribution is 0.220. The van der Waals surface area contributed by atoms with Crippen LogP contribution in [0, 0.1) is 5.82 Å². The first kappa shape index (κ1) is 11.0. The van der Waals surface area contributed by atoms with Crippen LogP contribution in [0.25, 0.3) is 5.57 Å². The summed E-state index contributed by atoms with van der Waals surface area (Å²) in [7, 11) is 0. The van der Waals surface area contributed by atoms with E-state index < -0.39 is 11.8 Å². The molecule has 0 aromatic heterocycles. The summed E-state index contributed by atoms with van der Waals surface area (Å²) in [6.07, 6.45) is 4.33. The second-order valence-corrected chi connectivity index (χ2v) is 3.80. The van der Waals surface area contributed by atoms with E-state index in [1.807, 2.05) is 0 Å². The Hall–Kier alpha value is -1.52. The van der Waals surface area contributed by atoms with E-state index in [0.717, 1.165) is 0 Å². The lowest BCUT2D eigenvalue weighted by atomic mass is 9.88. The van der Waals surface area contributed by atoms with E-state index in [4.69, 9.17) is 11.5 Å². The zero-order valence-corrected chi connectivity index (χ0v) is 8.53. The Balaban J connectivity index is 2.42. The van der Waals surface area contributed by atoms with Gasteiger partial charge >= 0.3 is 0 Å². The van der Waals surface area contributed by atoms with Crippen molar-refractivity contribution in [1.82, 2.24) is 0 Å². The molecule has 4 heteroatoms. The van der Waals surface area contributed by atoms with Gasteiger partial charge in [0, 0.05) is 0 Å². The van der Waals surface area contributed by atoms with Gasteiger partial charge in [0.15, 0.2) is 5.79 Å². The van der Waals surface area contributed by atoms with Crippen LogP contribution in [0.2, 0.25) is 0 Å². The van der Waals surface area contributed by atoms with E-state index >= 15 is 0 Å². The third kappa shape index (κ3) is 1.89.